The lowest BCUT2D eigenvalue weighted by Crippen LogP contribution is -2.45. The van der Waals surface area contributed by atoms with Gasteiger partial charge in [0.15, 0.2) is 5.96 Å². The van der Waals surface area contributed by atoms with Gasteiger partial charge in [-0.2, -0.15) is 0 Å². The summed E-state index contributed by atoms with van der Waals surface area (Å²) < 4.78 is 0. The highest BCUT2D eigenvalue weighted by Crippen LogP contribution is 2.07. The number of nitrogens with zero attached hydrogens (tertiary/aromatic N) is 3. The molecule has 1 aromatic rings. The lowest BCUT2D eigenvalue weighted by molar-refractivity contribution is -0.127. The molecular formula is C18H34IN5OS. The van der Waals surface area contributed by atoms with Crippen molar-refractivity contribution in [3.63, 3.8) is 0 Å². The summed E-state index contributed by atoms with van der Waals surface area (Å²) in [5.74, 6) is 0.666. The summed E-state index contributed by atoms with van der Waals surface area (Å²) in [6, 6.07) is 5.11. The Morgan fingerprint density at radius 2 is 1.85 bits per heavy atom. The second kappa shape index (κ2) is 13.3. The van der Waals surface area contributed by atoms with Crippen molar-refractivity contribution in [2.24, 2.45) is 4.99 Å². The van der Waals surface area contributed by atoms with E-state index in [1.54, 1.807) is 30.3 Å². The van der Waals surface area contributed by atoms with Crippen molar-refractivity contribution in [2.75, 3.05) is 33.7 Å². The molecule has 0 saturated carbocycles. The maximum atomic E-state index is 11.8. The molecule has 2 N–H and O–H groups in total. The van der Waals surface area contributed by atoms with E-state index in [9.17, 15) is 4.79 Å². The number of carbonyl (C=O) groups is 1. The number of guanidine groups is 1. The Balaban J connectivity index is 0.00000625. The van der Waals surface area contributed by atoms with E-state index in [1.165, 1.54) is 4.88 Å². The van der Waals surface area contributed by atoms with Gasteiger partial charge in [-0.05, 0) is 39.1 Å². The van der Waals surface area contributed by atoms with Gasteiger partial charge in [0, 0.05) is 44.1 Å². The maximum Gasteiger partial charge on any atom is 0.243 e. The molecule has 0 aliphatic heterocycles. The van der Waals surface area contributed by atoms with Crippen LogP contribution in [0.3, 0.4) is 0 Å². The highest BCUT2D eigenvalue weighted by atomic mass is 127. The van der Waals surface area contributed by atoms with Crippen LogP contribution in [0.25, 0.3) is 0 Å². The third-order valence-electron chi connectivity index (χ3n) is 3.87. The van der Waals surface area contributed by atoms with Crippen LogP contribution >= 0.6 is 35.3 Å². The van der Waals surface area contributed by atoms with Gasteiger partial charge >= 0.3 is 0 Å². The molecule has 1 heterocycles. The molecule has 0 aliphatic carbocycles. The van der Waals surface area contributed by atoms with E-state index in [0.717, 1.165) is 13.1 Å². The number of hydrogen-bond donors (Lipinski definition) is 2. The highest BCUT2D eigenvalue weighted by Gasteiger charge is 2.13. The topological polar surface area (TPSA) is 60.0 Å². The second-order valence-corrected chi connectivity index (χ2v) is 7.77. The van der Waals surface area contributed by atoms with Gasteiger partial charge in [0.05, 0.1) is 6.54 Å². The van der Waals surface area contributed by atoms with Gasteiger partial charge in [0.1, 0.15) is 6.54 Å². The molecule has 0 aromatic carbocycles. The fourth-order valence-corrected chi connectivity index (χ4v) is 3.11. The highest BCUT2D eigenvalue weighted by molar-refractivity contribution is 14.0. The van der Waals surface area contributed by atoms with Gasteiger partial charge in [-0.1, -0.05) is 6.07 Å². The van der Waals surface area contributed by atoms with E-state index in [-0.39, 0.29) is 36.4 Å². The quantitative estimate of drug-likeness (QED) is 0.314. The Bertz CT molecular complexity index is 524. The van der Waals surface area contributed by atoms with Crippen LogP contribution in [0.4, 0.5) is 0 Å². The summed E-state index contributed by atoms with van der Waals surface area (Å²) >= 11 is 1.70. The maximum absolute atomic E-state index is 11.8. The molecule has 0 fully saturated rings. The third-order valence-corrected chi connectivity index (χ3v) is 4.75. The molecule has 6 nitrogen and oxygen atoms in total. The minimum Gasteiger partial charge on any atom is -0.355 e. The Kier molecular flexibility index (Phi) is 12.9. The largest absolute Gasteiger partial charge is 0.355 e. The van der Waals surface area contributed by atoms with Gasteiger partial charge in [-0.15, -0.1) is 35.3 Å². The lowest BCUT2D eigenvalue weighted by atomic mass is 10.2. The molecule has 0 atom stereocenters. The fraction of sp³-hybridized carbons (Fsp3) is 0.667. The van der Waals surface area contributed by atoms with Gasteiger partial charge < -0.3 is 15.5 Å². The first-order valence-corrected chi connectivity index (χ1v) is 9.69. The number of likely N-dealkylation sites (N-methyl/N-ethyl adjacent to an activating group) is 1. The first-order chi connectivity index (χ1) is 11.8. The number of nitrogens with one attached hydrogen (secondary N) is 2. The Morgan fingerprint density at radius 3 is 2.35 bits per heavy atom. The molecule has 0 spiro atoms. The van der Waals surface area contributed by atoms with Crippen LogP contribution in [0.1, 0.15) is 32.6 Å². The van der Waals surface area contributed by atoms with Crippen LogP contribution in [0.15, 0.2) is 22.5 Å². The molecule has 150 valence electrons. The molecule has 1 aromatic heterocycles. The zero-order chi connectivity index (χ0) is 18.8. The Hall–Kier alpha value is -0.870. The first-order valence-electron chi connectivity index (χ1n) is 8.81. The SMILES string of the molecule is CC(C)N(CCNC(=NCC(=O)N(C)C)NCc1cccs1)C(C)C.I. The summed E-state index contributed by atoms with van der Waals surface area (Å²) in [6.07, 6.45) is 0. The summed E-state index contributed by atoms with van der Waals surface area (Å²) in [7, 11) is 3.49. The van der Waals surface area contributed by atoms with Crippen molar-refractivity contribution in [1.29, 1.82) is 0 Å². The number of amides is 1. The van der Waals surface area contributed by atoms with Crippen LogP contribution in [0.5, 0.6) is 0 Å². The normalized spacial score (nSPS) is 11.7. The van der Waals surface area contributed by atoms with Crippen molar-refractivity contribution >= 4 is 47.2 Å². The number of thiophene rings is 1. The number of halogens is 1. The summed E-state index contributed by atoms with van der Waals surface area (Å²) in [4.78, 5) is 21.4. The number of hydrogen-bond acceptors (Lipinski definition) is 4. The van der Waals surface area contributed by atoms with Crippen molar-refractivity contribution in [2.45, 2.75) is 46.3 Å². The summed E-state index contributed by atoms with van der Waals surface area (Å²) in [5, 5.41) is 8.71. The minimum atomic E-state index is -0.0109. The lowest BCUT2D eigenvalue weighted by Gasteiger charge is -2.30. The van der Waals surface area contributed by atoms with E-state index in [1.807, 2.05) is 6.07 Å². The average Bonchev–Trinajstić information content (AvgIpc) is 3.05. The molecule has 0 unspecified atom stereocenters. The van der Waals surface area contributed by atoms with Crippen molar-refractivity contribution in [1.82, 2.24) is 20.4 Å². The molecule has 0 aliphatic rings. The smallest absolute Gasteiger partial charge is 0.243 e. The van der Waals surface area contributed by atoms with Crippen molar-refractivity contribution < 1.29 is 4.79 Å². The first kappa shape index (κ1) is 25.1. The number of aliphatic imine (C=N–C) groups is 1. The van der Waals surface area contributed by atoms with Gasteiger partial charge in [0.25, 0.3) is 0 Å². The summed E-state index contributed by atoms with van der Waals surface area (Å²) in [6.45, 7) is 11.4. The fourth-order valence-electron chi connectivity index (χ4n) is 2.46. The van der Waals surface area contributed by atoms with E-state index >= 15 is 0 Å². The molecule has 0 saturated heterocycles. The molecule has 0 bridgehead atoms. The van der Waals surface area contributed by atoms with Crippen molar-refractivity contribution in [3.8, 4) is 0 Å². The molecule has 0 radical (unpaired) electrons. The predicted molar refractivity (Wildman–Crippen MR) is 123 cm³/mol. The molecule has 1 amide bonds. The average molecular weight is 495 g/mol. The third kappa shape index (κ3) is 9.72. The Morgan fingerprint density at radius 1 is 1.19 bits per heavy atom. The molecule has 1 rings (SSSR count). The van der Waals surface area contributed by atoms with Gasteiger partial charge in [0.2, 0.25) is 5.91 Å². The van der Waals surface area contributed by atoms with Crippen molar-refractivity contribution in [3.05, 3.63) is 22.4 Å². The van der Waals surface area contributed by atoms with E-state index in [0.29, 0.717) is 24.6 Å². The second-order valence-electron chi connectivity index (χ2n) is 6.74. The van der Waals surface area contributed by atoms with Crippen LogP contribution in [0, 0.1) is 0 Å². The Labute approximate surface area is 179 Å². The van der Waals surface area contributed by atoms with E-state index < -0.39 is 0 Å². The van der Waals surface area contributed by atoms with Gasteiger partial charge in [-0.25, -0.2) is 4.99 Å². The summed E-state index contributed by atoms with van der Waals surface area (Å²) in [5.41, 5.74) is 0. The van der Waals surface area contributed by atoms with Crippen LogP contribution in [0.2, 0.25) is 0 Å². The van der Waals surface area contributed by atoms with Crippen LogP contribution in [-0.2, 0) is 11.3 Å². The predicted octanol–water partition coefficient (Wildman–Crippen LogP) is 2.61. The molecule has 26 heavy (non-hydrogen) atoms. The molecular weight excluding hydrogens is 461 g/mol. The van der Waals surface area contributed by atoms with Gasteiger partial charge in [-0.3, -0.25) is 9.69 Å². The molecule has 8 heteroatoms. The minimum absolute atomic E-state index is 0. The monoisotopic (exact) mass is 495 g/mol. The number of carbonyl (C=O) groups excluding carboxylic acids is 1. The van der Waals surface area contributed by atoms with E-state index in [4.69, 9.17) is 0 Å². The van der Waals surface area contributed by atoms with Crippen LogP contribution < -0.4 is 10.6 Å². The number of rotatable bonds is 9. The zero-order valence-electron chi connectivity index (χ0n) is 16.8. The van der Waals surface area contributed by atoms with Crippen LogP contribution in [-0.4, -0.2) is 67.5 Å². The standard InChI is InChI=1S/C18H33N5OS.HI/c1-14(2)23(15(3)4)10-9-19-18(21-13-17(24)22(5)6)20-12-16-8-7-11-25-16;/h7-8,11,14-15H,9-10,12-13H2,1-6H3,(H2,19,20,21);1H. The van der Waals surface area contributed by atoms with E-state index in [2.05, 4.69) is 59.7 Å². The zero-order valence-corrected chi connectivity index (χ0v) is 19.9.